The van der Waals surface area contributed by atoms with Crippen LogP contribution in [-0.4, -0.2) is 153 Å². The fourth-order valence-corrected chi connectivity index (χ4v) is 10.8. The molecule has 7 unspecified atom stereocenters. The molecule has 5 amide bonds. The number of methoxy groups -OCH3 is 1. The van der Waals surface area contributed by atoms with E-state index in [1.54, 1.807) is 49.4 Å². The zero-order valence-electron chi connectivity index (χ0n) is 41.4. The number of aromatic hydroxyl groups is 1. The summed E-state index contributed by atoms with van der Waals surface area (Å²) in [7, 11) is 1.43. The van der Waals surface area contributed by atoms with Crippen LogP contribution in [-0.2, 0) is 64.0 Å². The van der Waals surface area contributed by atoms with Gasteiger partial charge in [0, 0.05) is 42.6 Å². The first-order valence-electron chi connectivity index (χ1n) is 24.7. The number of aliphatic carboxylic acids is 1. The van der Waals surface area contributed by atoms with Crippen LogP contribution in [0, 0.1) is 12.8 Å². The van der Waals surface area contributed by atoms with Crippen LogP contribution in [0.4, 0.5) is 0 Å². The van der Waals surface area contributed by atoms with E-state index in [4.69, 9.17) is 14.6 Å². The van der Waals surface area contributed by atoms with Crippen molar-refractivity contribution in [2.24, 2.45) is 5.92 Å². The van der Waals surface area contributed by atoms with Gasteiger partial charge >= 0.3 is 5.97 Å². The van der Waals surface area contributed by atoms with Crippen LogP contribution in [0.1, 0.15) is 118 Å². The molecule has 3 aliphatic heterocycles. The predicted molar refractivity (Wildman–Crippen MR) is 260 cm³/mol. The third kappa shape index (κ3) is 11.9. The smallest absolute Gasteiger partial charge is 0.307 e. The molecule has 73 heavy (non-hydrogen) atoms. The van der Waals surface area contributed by atoms with Gasteiger partial charge in [-0.2, -0.15) is 0 Å². The Hall–Kier alpha value is -7.03. The zero-order chi connectivity index (χ0) is 52.8. The second-order valence-corrected chi connectivity index (χ2v) is 19.4. The lowest BCUT2D eigenvalue weighted by atomic mass is 9.73. The first-order chi connectivity index (χ1) is 34.8. The lowest BCUT2D eigenvalue weighted by Gasteiger charge is -2.33. The molecule has 8 rings (SSSR count). The average molecular weight is 1010 g/mol. The molecule has 3 aromatic rings. The molecule has 0 saturated carbocycles. The molecule has 20 nitrogen and oxygen atoms in total. The summed E-state index contributed by atoms with van der Waals surface area (Å²) in [6.07, 6.45) is 2.95. The topological polar surface area (TPSA) is 296 Å². The number of carboxylic acid groups (broad SMARTS) is 1. The van der Waals surface area contributed by atoms with Crippen LogP contribution in [0.5, 0.6) is 11.5 Å². The normalized spacial score (nSPS) is 22.4. The van der Waals surface area contributed by atoms with Crippen LogP contribution in [0.2, 0.25) is 0 Å². The van der Waals surface area contributed by atoms with Crippen molar-refractivity contribution in [3.05, 3.63) is 92.5 Å². The van der Waals surface area contributed by atoms with E-state index in [1.165, 1.54) is 23.8 Å². The number of ether oxygens (including phenoxy) is 2. The van der Waals surface area contributed by atoms with Crippen LogP contribution in [0.25, 0.3) is 0 Å². The first-order valence-corrected chi connectivity index (χ1v) is 24.7. The van der Waals surface area contributed by atoms with Gasteiger partial charge in [0.2, 0.25) is 35.3 Å². The van der Waals surface area contributed by atoms with Gasteiger partial charge in [-0.1, -0.05) is 36.4 Å². The first kappa shape index (κ1) is 53.8. The molecule has 0 radical (unpaired) electrons. The Morgan fingerprint density at radius 2 is 1.49 bits per heavy atom. The Labute approximate surface area is 421 Å². The highest BCUT2D eigenvalue weighted by atomic mass is 16.6. The number of Topliss-reactive ketones (excluding diaryl/α,β-unsaturated/α-hetero) is 1. The Morgan fingerprint density at radius 1 is 0.836 bits per heavy atom. The number of nitrogens with one attached hydrogen (secondary N) is 3. The number of phenolic OH excluding ortho intramolecular Hbond substituents is 1. The van der Waals surface area contributed by atoms with Crippen LogP contribution < -0.4 is 20.7 Å². The number of fused-ring (bicyclic) bond motifs is 3. The molecule has 7 atom stereocenters. The number of likely N-dealkylation sites (tertiary alicyclic amines) is 2. The van der Waals surface area contributed by atoms with Crippen molar-refractivity contribution in [1.82, 2.24) is 25.8 Å². The Morgan fingerprint density at radius 3 is 2.15 bits per heavy atom. The molecule has 3 saturated heterocycles. The standard InChI is InChI=1S/C31H43N5O9.C22H20O6/c1-18-12-22(16-28(41)45-18)34-31(44)24-9-5-11-36(24)26(38)17-32-29(42)19(2)33-30(43)23-8-4-10-35(23)25(37)14-20-6-3-7-21(13-20)15-27(39)40;1-10-14-8-11(15(24)9-23)6-7-12(14)20(25)19-17(10)21(26)13-4-3-5-16(28-2)18(13)22(19)27/h3,6-7,13,18-19,22-24,28,41H,4-5,8-12,14-17H2,1-2H3,(H,32,42)(H,33,43)(H,34,44)(H,39,40);3-5,11,23,25H,6-9H2,1-2H3. The molecule has 3 heterocycles. The number of benzene rings is 3. The summed E-state index contributed by atoms with van der Waals surface area (Å²) in [5.41, 5.74) is 3.81. The summed E-state index contributed by atoms with van der Waals surface area (Å²) < 4.78 is 10.6. The molecule has 390 valence electrons. The van der Waals surface area contributed by atoms with Gasteiger partial charge in [0.05, 0.1) is 43.7 Å². The molecule has 3 fully saturated rings. The van der Waals surface area contributed by atoms with Crippen LogP contribution >= 0.6 is 0 Å². The number of rotatable bonds is 14. The van der Waals surface area contributed by atoms with Crippen LogP contribution in [0.15, 0.2) is 42.5 Å². The van der Waals surface area contributed by atoms with Gasteiger partial charge in [-0.25, -0.2) is 0 Å². The minimum Gasteiger partial charge on any atom is -0.507 e. The number of ketones is 3. The molecule has 7 N–H and O–H groups in total. The van der Waals surface area contributed by atoms with Gasteiger partial charge in [-0.05, 0) is 106 Å². The second kappa shape index (κ2) is 23.2. The van der Waals surface area contributed by atoms with E-state index < -0.39 is 60.5 Å². The number of hydrogen-bond donors (Lipinski definition) is 7. The quantitative estimate of drug-likeness (QED) is 0.0945. The molecule has 0 bridgehead atoms. The second-order valence-electron chi connectivity index (χ2n) is 19.4. The minimum absolute atomic E-state index is 0.0149. The predicted octanol–water partition coefficient (Wildman–Crippen LogP) is 1.61. The van der Waals surface area contributed by atoms with E-state index in [9.17, 15) is 58.5 Å². The van der Waals surface area contributed by atoms with Gasteiger partial charge in [-0.15, -0.1) is 0 Å². The van der Waals surface area contributed by atoms with E-state index in [0.29, 0.717) is 92.5 Å². The van der Waals surface area contributed by atoms with Crippen LogP contribution in [0.3, 0.4) is 0 Å². The highest BCUT2D eigenvalue weighted by Crippen LogP contribution is 2.44. The van der Waals surface area contributed by atoms with Crippen molar-refractivity contribution in [2.75, 3.05) is 33.4 Å². The van der Waals surface area contributed by atoms with E-state index in [0.717, 1.165) is 5.56 Å². The average Bonchev–Trinajstić information content (AvgIpc) is 4.07. The van der Waals surface area contributed by atoms with E-state index in [2.05, 4.69) is 16.0 Å². The highest BCUT2D eigenvalue weighted by molar-refractivity contribution is 6.31. The van der Waals surface area contributed by atoms with Gasteiger partial charge in [0.15, 0.2) is 17.9 Å². The number of carboxylic acids is 1. The maximum Gasteiger partial charge on any atom is 0.307 e. The molecule has 3 aromatic carbocycles. The third-order valence-corrected chi connectivity index (χ3v) is 14.4. The molecular weight excluding hydrogens is 947 g/mol. The lowest BCUT2D eigenvalue weighted by Crippen LogP contribution is -2.55. The number of aliphatic hydroxyl groups is 2. The van der Waals surface area contributed by atoms with Crippen molar-refractivity contribution < 1.29 is 73.1 Å². The van der Waals surface area contributed by atoms with Gasteiger partial charge in [0.25, 0.3) is 0 Å². The van der Waals surface area contributed by atoms with Crippen molar-refractivity contribution >= 4 is 52.9 Å². The Balaban J connectivity index is 0.000000237. The number of hydrogen-bond acceptors (Lipinski definition) is 14. The number of aliphatic hydroxyl groups excluding tert-OH is 2. The summed E-state index contributed by atoms with van der Waals surface area (Å²) in [4.78, 5) is 117. The molecule has 0 spiro atoms. The molecule has 2 aliphatic carbocycles. The maximum atomic E-state index is 13.2. The summed E-state index contributed by atoms with van der Waals surface area (Å²) in [5, 5.41) is 47.1. The third-order valence-electron chi connectivity index (χ3n) is 14.4. The minimum atomic E-state index is -0.977. The number of amides is 5. The van der Waals surface area contributed by atoms with E-state index in [1.807, 2.05) is 6.92 Å². The summed E-state index contributed by atoms with van der Waals surface area (Å²) >= 11 is 0. The monoisotopic (exact) mass is 1010 g/mol. The number of carbonyl (C=O) groups excluding carboxylic acids is 8. The number of carbonyl (C=O) groups is 9. The lowest BCUT2D eigenvalue weighted by molar-refractivity contribution is -0.166. The molecule has 0 aromatic heterocycles. The van der Waals surface area contributed by atoms with E-state index >= 15 is 0 Å². The summed E-state index contributed by atoms with van der Waals surface area (Å²) in [6, 6.07) is 8.95. The molecule has 5 aliphatic rings. The maximum absolute atomic E-state index is 13.2. The summed E-state index contributed by atoms with van der Waals surface area (Å²) in [5.74, 6) is -4.26. The number of nitrogens with zero attached hydrogens (tertiary/aromatic N) is 2. The van der Waals surface area contributed by atoms with Crippen molar-refractivity contribution in [3.8, 4) is 11.5 Å². The molecular formula is C53H63N5O15. The molecule has 20 heteroatoms. The highest BCUT2D eigenvalue weighted by Gasteiger charge is 2.41. The van der Waals surface area contributed by atoms with Crippen molar-refractivity contribution in [1.29, 1.82) is 0 Å². The van der Waals surface area contributed by atoms with Gasteiger partial charge in [0.1, 0.15) is 36.2 Å². The number of phenols is 1. The van der Waals surface area contributed by atoms with Gasteiger partial charge < -0.3 is 55.7 Å². The Bertz CT molecular complexity index is 2690. The fraction of sp³-hybridized carbons (Fsp3) is 0.491. The van der Waals surface area contributed by atoms with Crippen molar-refractivity contribution in [2.45, 2.75) is 128 Å². The SMILES string of the molecule is CC1CC(NC(=O)C2CCCN2C(=O)CNC(=O)C(C)NC(=O)C2CCCN2C(=O)Cc2cccc(CC(=O)O)c2)CC(O)O1.COc1cccc2c1C(=O)c1c(O)c3c(c(C)c1C2=O)CC(C(=O)CO)CC3. The Kier molecular flexibility index (Phi) is 17.1. The largest absolute Gasteiger partial charge is 0.507 e. The zero-order valence-corrected chi connectivity index (χ0v) is 41.4. The van der Waals surface area contributed by atoms with E-state index in [-0.39, 0.29) is 95.3 Å². The van der Waals surface area contributed by atoms with Crippen molar-refractivity contribution in [3.63, 3.8) is 0 Å². The fourth-order valence-electron chi connectivity index (χ4n) is 10.8. The van der Waals surface area contributed by atoms with Gasteiger partial charge in [-0.3, -0.25) is 43.2 Å². The summed E-state index contributed by atoms with van der Waals surface area (Å²) in [6.45, 7) is 4.95.